The predicted octanol–water partition coefficient (Wildman–Crippen LogP) is 2.14. The summed E-state index contributed by atoms with van der Waals surface area (Å²) in [5.41, 5.74) is 0.997. The second kappa shape index (κ2) is 10.5. The molecule has 2 rings (SSSR count). The number of carbonyl (C=O) groups is 1. The molecule has 6 heteroatoms. The SMILES string of the molecule is CC(C)CCOc1ccccc1CNC(=O)C1COCCN1.Cl. The fourth-order valence-corrected chi connectivity index (χ4v) is 2.23. The molecule has 0 aromatic heterocycles. The number of hydrogen-bond acceptors (Lipinski definition) is 4. The molecule has 5 nitrogen and oxygen atoms in total. The molecule has 1 amide bonds. The van der Waals surface area contributed by atoms with Gasteiger partial charge in [0.25, 0.3) is 0 Å². The van der Waals surface area contributed by atoms with Crippen molar-refractivity contribution in [1.82, 2.24) is 10.6 Å². The van der Waals surface area contributed by atoms with Gasteiger partial charge in [-0.3, -0.25) is 4.79 Å². The Kier molecular flexibility index (Phi) is 8.99. The quantitative estimate of drug-likeness (QED) is 0.797. The third-order valence-corrected chi connectivity index (χ3v) is 3.62. The standard InChI is InChI=1S/C17H26N2O3.ClH/c1-13(2)7-9-22-16-6-4-3-5-14(16)11-19-17(20)15-12-21-10-8-18-15;/h3-6,13,15,18H,7-12H2,1-2H3,(H,19,20);1H. The summed E-state index contributed by atoms with van der Waals surface area (Å²) in [4.78, 5) is 12.1. The molecule has 1 saturated heterocycles. The number of morpholine rings is 1. The van der Waals surface area contributed by atoms with Crippen LogP contribution < -0.4 is 15.4 Å². The molecular weight excluding hydrogens is 316 g/mol. The van der Waals surface area contributed by atoms with Crippen LogP contribution in [0.15, 0.2) is 24.3 Å². The zero-order valence-corrected chi connectivity index (χ0v) is 14.7. The Morgan fingerprint density at radius 1 is 1.43 bits per heavy atom. The first kappa shape index (κ1) is 19.7. The van der Waals surface area contributed by atoms with Crippen LogP contribution in [0.25, 0.3) is 0 Å². The highest BCUT2D eigenvalue weighted by Crippen LogP contribution is 2.18. The second-order valence-corrected chi connectivity index (χ2v) is 5.94. The molecule has 0 bridgehead atoms. The third kappa shape index (κ3) is 6.77. The van der Waals surface area contributed by atoms with Crippen molar-refractivity contribution in [2.75, 3.05) is 26.4 Å². The molecule has 1 heterocycles. The minimum Gasteiger partial charge on any atom is -0.493 e. The number of hydrogen-bond donors (Lipinski definition) is 2. The Bertz CT molecular complexity index is 477. The molecule has 1 atom stereocenters. The van der Waals surface area contributed by atoms with Gasteiger partial charge in [0.1, 0.15) is 11.8 Å². The summed E-state index contributed by atoms with van der Waals surface area (Å²) >= 11 is 0. The molecule has 0 spiro atoms. The summed E-state index contributed by atoms with van der Waals surface area (Å²) in [6.45, 7) is 7.32. The highest BCUT2D eigenvalue weighted by atomic mass is 35.5. The topological polar surface area (TPSA) is 59.6 Å². The smallest absolute Gasteiger partial charge is 0.239 e. The van der Waals surface area contributed by atoms with E-state index in [1.165, 1.54) is 0 Å². The van der Waals surface area contributed by atoms with Crippen LogP contribution in [-0.2, 0) is 16.1 Å². The van der Waals surface area contributed by atoms with Gasteiger partial charge in [0.15, 0.2) is 0 Å². The van der Waals surface area contributed by atoms with Crippen molar-refractivity contribution in [3.63, 3.8) is 0 Å². The van der Waals surface area contributed by atoms with Crippen LogP contribution in [0.1, 0.15) is 25.8 Å². The van der Waals surface area contributed by atoms with Crippen LogP contribution in [0.3, 0.4) is 0 Å². The molecular formula is C17H27ClN2O3. The van der Waals surface area contributed by atoms with E-state index in [9.17, 15) is 4.79 Å². The van der Waals surface area contributed by atoms with Crippen molar-refractivity contribution >= 4 is 18.3 Å². The van der Waals surface area contributed by atoms with E-state index in [0.717, 1.165) is 17.7 Å². The van der Waals surface area contributed by atoms with E-state index in [1.54, 1.807) is 0 Å². The van der Waals surface area contributed by atoms with Gasteiger partial charge in [-0.2, -0.15) is 0 Å². The number of rotatable bonds is 7. The maximum Gasteiger partial charge on any atom is 0.239 e. The van der Waals surface area contributed by atoms with Gasteiger partial charge >= 0.3 is 0 Å². The van der Waals surface area contributed by atoms with E-state index in [2.05, 4.69) is 24.5 Å². The summed E-state index contributed by atoms with van der Waals surface area (Å²) in [6, 6.07) is 7.58. The van der Waals surface area contributed by atoms with E-state index < -0.39 is 0 Å². The van der Waals surface area contributed by atoms with Crippen LogP contribution in [0, 0.1) is 5.92 Å². The lowest BCUT2D eigenvalue weighted by atomic mass is 10.1. The first-order chi connectivity index (χ1) is 10.7. The van der Waals surface area contributed by atoms with Crippen LogP contribution in [0.4, 0.5) is 0 Å². The molecule has 0 saturated carbocycles. The highest BCUT2D eigenvalue weighted by Gasteiger charge is 2.20. The van der Waals surface area contributed by atoms with Crippen LogP contribution >= 0.6 is 12.4 Å². The monoisotopic (exact) mass is 342 g/mol. The molecule has 2 N–H and O–H groups in total. The van der Waals surface area contributed by atoms with Gasteiger partial charge in [-0.05, 0) is 18.4 Å². The number of benzene rings is 1. The van der Waals surface area contributed by atoms with Gasteiger partial charge in [0.2, 0.25) is 5.91 Å². The molecule has 0 aliphatic carbocycles. The molecule has 1 aliphatic rings. The summed E-state index contributed by atoms with van der Waals surface area (Å²) in [7, 11) is 0. The maximum atomic E-state index is 12.1. The Morgan fingerprint density at radius 2 is 2.22 bits per heavy atom. The lowest BCUT2D eigenvalue weighted by molar-refractivity contribution is -0.126. The first-order valence-electron chi connectivity index (χ1n) is 7.96. The fraction of sp³-hybridized carbons (Fsp3) is 0.588. The normalized spacial score (nSPS) is 17.4. The largest absolute Gasteiger partial charge is 0.493 e. The Labute approximate surface area is 144 Å². The van der Waals surface area contributed by atoms with Crippen molar-refractivity contribution in [3.8, 4) is 5.75 Å². The average molecular weight is 343 g/mol. The maximum absolute atomic E-state index is 12.1. The van der Waals surface area contributed by atoms with E-state index in [0.29, 0.717) is 38.8 Å². The van der Waals surface area contributed by atoms with Gasteiger partial charge < -0.3 is 20.1 Å². The van der Waals surface area contributed by atoms with Crippen LogP contribution in [0.5, 0.6) is 5.75 Å². The second-order valence-electron chi connectivity index (χ2n) is 5.94. The Balaban J connectivity index is 0.00000264. The molecule has 1 aromatic carbocycles. The van der Waals surface area contributed by atoms with Crippen molar-refractivity contribution in [3.05, 3.63) is 29.8 Å². The number of amides is 1. The molecule has 0 radical (unpaired) electrons. The summed E-state index contributed by atoms with van der Waals surface area (Å²) in [5, 5.41) is 6.10. The number of ether oxygens (including phenoxy) is 2. The summed E-state index contributed by atoms with van der Waals surface area (Å²) < 4.78 is 11.1. The number of nitrogens with one attached hydrogen (secondary N) is 2. The number of carbonyl (C=O) groups excluding carboxylic acids is 1. The molecule has 23 heavy (non-hydrogen) atoms. The minimum atomic E-state index is -0.261. The lowest BCUT2D eigenvalue weighted by Gasteiger charge is -2.23. The number of para-hydroxylation sites is 1. The zero-order chi connectivity index (χ0) is 15.8. The van der Waals surface area contributed by atoms with E-state index in [1.807, 2.05) is 24.3 Å². The van der Waals surface area contributed by atoms with E-state index in [4.69, 9.17) is 9.47 Å². The average Bonchev–Trinajstić information content (AvgIpc) is 2.54. The minimum absolute atomic E-state index is 0. The Hall–Kier alpha value is -1.30. The zero-order valence-electron chi connectivity index (χ0n) is 13.8. The Morgan fingerprint density at radius 3 is 2.91 bits per heavy atom. The van der Waals surface area contributed by atoms with Gasteiger partial charge in [0, 0.05) is 18.7 Å². The third-order valence-electron chi connectivity index (χ3n) is 3.62. The predicted molar refractivity (Wildman–Crippen MR) is 93.1 cm³/mol. The highest BCUT2D eigenvalue weighted by molar-refractivity contribution is 5.85. The molecule has 1 fully saturated rings. The van der Waals surface area contributed by atoms with Gasteiger partial charge in [-0.1, -0.05) is 32.0 Å². The van der Waals surface area contributed by atoms with E-state index in [-0.39, 0.29) is 24.4 Å². The molecule has 1 aromatic rings. The lowest BCUT2D eigenvalue weighted by Crippen LogP contribution is -2.51. The summed E-state index contributed by atoms with van der Waals surface area (Å²) in [5.74, 6) is 1.43. The van der Waals surface area contributed by atoms with Gasteiger partial charge in [-0.25, -0.2) is 0 Å². The molecule has 1 aliphatic heterocycles. The van der Waals surface area contributed by atoms with Crippen molar-refractivity contribution in [2.45, 2.75) is 32.9 Å². The van der Waals surface area contributed by atoms with Crippen molar-refractivity contribution < 1.29 is 14.3 Å². The molecule has 130 valence electrons. The van der Waals surface area contributed by atoms with Crippen LogP contribution in [0.2, 0.25) is 0 Å². The van der Waals surface area contributed by atoms with Crippen molar-refractivity contribution in [2.24, 2.45) is 5.92 Å². The van der Waals surface area contributed by atoms with Crippen LogP contribution in [-0.4, -0.2) is 38.3 Å². The van der Waals surface area contributed by atoms with E-state index >= 15 is 0 Å². The van der Waals surface area contributed by atoms with Gasteiger partial charge in [0.05, 0.1) is 19.8 Å². The first-order valence-corrected chi connectivity index (χ1v) is 7.96. The van der Waals surface area contributed by atoms with Crippen molar-refractivity contribution in [1.29, 1.82) is 0 Å². The fourth-order valence-electron chi connectivity index (χ4n) is 2.23. The molecule has 1 unspecified atom stereocenters. The summed E-state index contributed by atoms with van der Waals surface area (Å²) in [6.07, 6.45) is 1.02. The number of halogens is 1. The van der Waals surface area contributed by atoms with Gasteiger partial charge in [-0.15, -0.1) is 12.4 Å².